The van der Waals surface area contributed by atoms with Crippen LogP contribution in [-0.4, -0.2) is 41.9 Å². The summed E-state index contributed by atoms with van der Waals surface area (Å²) in [6, 6.07) is 15.7. The molecule has 31 heavy (non-hydrogen) atoms. The molecule has 0 saturated carbocycles. The summed E-state index contributed by atoms with van der Waals surface area (Å²) in [6.45, 7) is 1.11. The molecule has 154 valence electrons. The third-order valence-electron chi connectivity index (χ3n) is 6.12. The molecule has 3 aromatic rings. The van der Waals surface area contributed by atoms with Crippen molar-refractivity contribution in [1.82, 2.24) is 15.2 Å². The first-order valence-electron chi connectivity index (χ1n) is 9.91. The first-order valence-corrected chi connectivity index (χ1v) is 10.8. The van der Waals surface area contributed by atoms with Gasteiger partial charge in [-0.15, -0.1) is 11.3 Å². The van der Waals surface area contributed by atoms with E-state index in [-0.39, 0.29) is 17.8 Å². The number of thiophene rings is 1. The molecule has 0 bridgehead atoms. The highest BCUT2D eigenvalue weighted by Gasteiger charge is 2.57. The van der Waals surface area contributed by atoms with E-state index in [1.165, 1.54) is 4.90 Å². The molecule has 0 radical (unpaired) electrons. The van der Waals surface area contributed by atoms with Crippen LogP contribution in [0.2, 0.25) is 0 Å². The molecule has 2 saturated heterocycles. The Morgan fingerprint density at radius 2 is 2.16 bits per heavy atom. The highest BCUT2D eigenvalue weighted by atomic mass is 32.1. The number of carbonyl (C=O) groups is 1. The molecular weight excluding hydrogens is 408 g/mol. The van der Waals surface area contributed by atoms with E-state index in [9.17, 15) is 10.1 Å². The number of hydrogen-bond donors (Lipinski definition) is 2. The predicted molar refractivity (Wildman–Crippen MR) is 120 cm³/mol. The number of amides is 1. The Hall–Kier alpha value is -3.70. The number of guanidine groups is 1. The van der Waals surface area contributed by atoms with Gasteiger partial charge in [-0.3, -0.25) is 20.1 Å². The lowest BCUT2D eigenvalue weighted by atomic mass is 9.82. The van der Waals surface area contributed by atoms with Gasteiger partial charge < -0.3 is 10.2 Å². The third kappa shape index (κ3) is 3.05. The van der Waals surface area contributed by atoms with E-state index < -0.39 is 5.54 Å². The van der Waals surface area contributed by atoms with Crippen molar-refractivity contribution in [2.24, 2.45) is 5.92 Å². The van der Waals surface area contributed by atoms with Crippen LogP contribution in [0.15, 0.2) is 60.2 Å². The minimum Gasteiger partial charge on any atom is -0.367 e. The third-order valence-corrected chi connectivity index (χ3v) is 7.23. The van der Waals surface area contributed by atoms with Gasteiger partial charge in [0.25, 0.3) is 0 Å². The summed E-state index contributed by atoms with van der Waals surface area (Å²) in [4.78, 5) is 22.0. The van der Waals surface area contributed by atoms with Crippen LogP contribution in [0.1, 0.15) is 10.4 Å². The molecule has 2 aliphatic rings. The first kappa shape index (κ1) is 19.3. The van der Waals surface area contributed by atoms with Crippen molar-refractivity contribution in [3.05, 3.63) is 70.7 Å². The molecule has 2 aliphatic heterocycles. The van der Waals surface area contributed by atoms with Gasteiger partial charge in [0, 0.05) is 31.2 Å². The number of rotatable bonds is 3. The minimum atomic E-state index is -0.688. The topological polar surface area (TPSA) is 96.1 Å². The number of benzene rings is 1. The Bertz CT molecular complexity index is 1220. The molecule has 8 heteroatoms. The Labute approximate surface area is 184 Å². The van der Waals surface area contributed by atoms with Gasteiger partial charge >= 0.3 is 0 Å². The van der Waals surface area contributed by atoms with Gasteiger partial charge in [-0.05, 0) is 46.8 Å². The van der Waals surface area contributed by atoms with Gasteiger partial charge in [-0.25, -0.2) is 0 Å². The largest absolute Gasteiger partial charge is 0.367 e. The normalized spacial score (nSPS) is 22.8. The molecular formula is C23H20N6OS. The van der Waals surface area contributed by atoms with Crippen molar-refractivity contribution >= 4 is 28.9 Å². The van der Waals surface area contributed by atoms with Gasteiger partial charge in [-0.2, -0.15) is 5.26 Å². The lowest BCUT2D eigenvalue weighted by molar-refractivity contribution is -0.133. The van der Waals surface area contributed by atoms with E-state index in [1.54, 1.807) is 36.8 Å². The van der Waals surface area contributed by atoms with Crippen LogP contribution in [0.25, 0.3) is 11.1 Å². The second-order valence-corrected chi connectivity index (χ2v) is 8.79. The average Bonchev–Trinajstić information content (AvgIpc) is 3.45. The molecule has 2 N–H and O–H groups in total. The average molecular weight is 429 g/mol. The number of fused-ring (bicyclic) bond motifs is 1. The van der Waals surface area contributed by atoms with Crippen LogP contribution in [0.4, 0.5) is 5.69 Å². The fraction of sp³-hybridized carbons (Fsp3) is 0.217. The summed E-state index contributed by atoms with van der Waals surface area (Å²) in [5.41, 5.74) is 2.85. The van der Waals surface area contributed by atoms with E-state index in [2.05, 4.69) is 32.7 Å². The standard InChI is InChI=1S/C23H20N6OS/c1-28-21(30)19-12-29(18-6-3-7-26-11-18)14-23(19,27-22(28)25)20-9-17(13-31-20)16-5-2-4-15(8-16)10-24/h2-9,11,13,19H,12,14H2,1H3,(H2,25,27)/t19?,23-/m0/s1. The zero-order valence-electron chi connectivity index (χ0n) is 16.9. The lowest BCUT2D eigenvalue weighted by Crippen LogP contribution is -2.64. The molecule has 5 rings (SSSR count). The molecule has 0 aliphatic carbocycles. The van der Waals surface area contributed by atoms with E-state index in [0.717, 1.165) is 21.7 Å². The maximum Gasteiger partial charge on any atom is 0.236 e. The number of nitrogens with zero attached hydrogens (tertiary/aromatic N) is 4. The molecule has 1 unspecified atom stereocenters. The molecule has 2 aromatic heterocycles. The number of nitrogens with one attached hydrogen (secondary N) is 2. The molecule has 1 amide bonds. The SMILES string of the molecule is CN1C(=N)N[C@@]2(c3cc(-c4cccc(C#N)c4)cs3)CN(c3cccnc3)CC2C1=O. The van der Waals surface area contributed by atoms with Crippen molar-refractivity contribution in [2.45, 2.75) is 5.54 Å². The second-order valence-electron chi connectivity index (χ2n) is 7.88. The van der Waals surface area contributed by atoms with Crippen molar-refractivity contribution in [3.63, 3.8) is 0 Å². The van der Waals surface area contributed by atoms with Crippen molar-refractivity contribution in [1.29, 1.82) is 10.7 Å². The number of nitriles is 1. The number of pyridine rings is 1. The maximum atomic E-state index is 13.2. The summed E-state index contributed by atoms with van der Waals surface area (Å²) in [6.07, 6.45) is 3.54. The van der Waals surface area contributed by atoms with Gasteiger partial charge in [0.15, 0.2) is 5.96 Å². The summed E-state index contributed by atoms with van der Waals surface area (Å²) >= 11 is 1.58. The zero-order valence-corrected chi connectivity index (χ0v) is 17.7. The second kappa shape index (κ2) is 7.22. The van der Waals surface area contributed by atoms with Gasteiger partial charge in [0.2, 0.25) is 5.91 Å². The fourth-order valence-electron chi connectivity index (χ4n) is 4.45. The lowest BCUT2D eigenvalue weighted by Gasteiger charge is -2.42. The number of hydrogen-bond acceptors (Lipinski definition) is 6. The smallest absolute Gasteiger partial charge is 0.236 e. The number of aromatic nitrogens is 1. The predicted octanol–water partition coefficient (Wildman–Crippen LogP) is 3.01. The van der Waals surface area contributed by atoms with Gasteiger partial charge in [-0.1, -0.05) is 12.1 Å². The molecule has 0 spiro atoms. The fourth-order valence-corrected chi connectivity index (χ4v) is 5.57. The first-order chi connectivity index (χ1) is 15.0. The Morgan fingerprint density at radius 3 is 2.94 bits per heavy atom. The molecule has 2 atom stereocenters. The van der Waals surface area contributed by atoms with Gasteiger partial charge in [0.1, 0.15) is 5.54 Å². The monoisotopic (exact) mass is 428 g/mol. The molecule has 1 aromatic carbocycles. The van der Waals surface area contributed by atoms with E-state index in [0.29, 0.717) is 18.7 Å². The summed E-state index contributed by atoms with van der Waals surface area (Å²) in [5.74, 6) is -0.281. The van der Waals surface area contributed by atoms with Crippen LogP contribution in [-0.2, 0) is 10.3 Å². The Kier molecular flexibility index (Phi) is 4.49. The summed E-state index contributed by atoms with van der Waals surface area (Å²) in [7, 11) is 1.64. The van der Waals surface area contributed by atoms with Crippen LogP contribution < -0.4 is 10.2 Å². The maximum absolute atomic E-state index is 13.2. The van der Waals surface area contributed by atoms with Crippen molar-refractivity contribution < 1.29 is 4.79 Å². The van der Waals surface area contributed by atoms with Crippen LogP contribution in [0.3, 0.4) is 0 Å². The van der Waals surface area contributed by atoms with E-state index in [1.807, 2.05) is 30.3 Å². The number of anilines is 1. The summed E-state index contributed by atoms with van der Waals surface area (Å²) < 4.78 is 0. The number of carbonyl (C=O) groups excluding carboxylic acids is 1. The van der Waals surface area contributed by atoms with Crippen LogP contribution >= 0.6 is 11.3 Å². The minimum absolute atomic E-state index is 0.0587. The van der Waals surface area contributed by atoms with Crippen LogP contribution in [0.5, 0.6) is 0 Å². The highest BCUT2D eigenvalue weighted by Crippen LogP contribution is 2.45. The van der Waals surface area contributed by atoms with E-state index in [4.69, 9.17) is 5.41 Å². The zero-order chi connectivity index (χ0) is 21.6. The molecule has 4 heterocycles. The summed E-state index contributed by atoms with van der Waals surface area (Å²) in [5, 5.41) is 23.0. The molecule has 2 fully saturated rings. The van der Waals surface area contributed by atoms with E-state index >= 15 is 0 Å². The Morgan fingerprint density at radius 1 is 1.29 bits per heavy atom. The van der Waals surface area contributed by atoms with Crippen molar-refractivity contribution in [3.8, 4) is 17.2 Å². The van der Waals surface area contributed by atoms with Crippen LogP contribution in [0, 0.1) is 22.7 Å². The quantitative estimate of drug-likeness (QED) is 0.669. The van der Waals surface area contributed by atoms with Crippen molar-refractivity contribution in [2.75, 3.05) is 25.0 Å². The molecule has 7 nitrogen and oxygen atoms in total. The Balaban J connectivity index is 1.58. The van der Waals surface area contributed by atoms with Gasteiger partial charge in [0.05, 0.1) is 29.4 Å². The highest BCUT2D eigenvalue weighted by molar-refractivity contribution is 7.10.